The van der Waals surface area contributed by atoms with Gasteiger partial charge in [-0.25, -0.2) is 9.78 Å². The number of allylic oxidation sites excluding steroid dienone is 1. The van der Waals surface area contributed by atoms with Crippen molar-refractivity contribution in [1.82, 2.24) is 9.88 Å². The Kier molecular flexibility index (Phi) is 7.04. The molecule has 2 aromatic carbocycles. The summed E-state index contributed by atoms with van der Waals surface area (Å²) in [5.41, 5.74) is 10.8. The molecule has 0 saturated carbocycles. The summed E-state index contributed by atoms with van der Waals surface area (Å²) in [5, 5.41) is 3.97. The minimum atomic E-state index is -0.126. The number of nitrogens with one attached hydrogen (secondary N) is 1. The molecule has 172 valence electrons. The molecular formula is C25H30N6OS. The summed E-state index contributed by atoms with van der Waals surface area (Å²) in [7, 11) is 3.47. The maximum atomic E-state index is 12.0. The summed E-state index contributed by atoms with van der Waals surface area (Å²) in [5.74, 6) is 0. The monoisotopic (exact) mass is 462 g/mol. The molecule has 33 heavy (non-hydrogen) atoms. The number of aromatic nitrogens is 1. The Bertz CT molecular complexity index is 1170. The second-order valence-electron chi connectivity index (χ2n) is 8.10. The van der Waals surface area contributed by atoms with Crippen molar-refractivity contribution in [1.29, 1.82) is 0 Å². The van der Waals surface area contributed by atoms with E-state index < -0.39 is 0 Å². The number of carbonyl (C=O) groups is 1. The van der Waals surface area contributed by atoms with Crippen molar-refractivity contribution in [3.63, 3.8) is 0 Å². The third-order valence-corrected chi connectivity index (χ3v) is 6.48. The largest absolute Gasteiger partial charge is 0.405 e. The minimum Gasteiger partial charge on any atom is -0.405 e. The van der Waals surface area contributed by atoms with Gasteiger partial charge in [-0.3, -0.25) is 4.99 Å². The number of urea groups is 1. The standard InChI is InChI=1S/C25H28N6OS.H2/c1-30(2)24(32)29-22-9-6-19-10-13-31(17-20(19)15-22)25-28-16-23(33-25)14-18-4-7-21(8-5-18)27-12-3-11-26;/h3-9,11-12,15-16H,10,13-14,17,26H2,1-2H3,(H,29,32);1H/b11-3-,27-12?;. The topological polar surface area (TPSA) is 86.9 Å². The first-order valence-corrected chi connectivity index (χ1v) is 11.6. The summed E-state index contributed by atoms with van der Waals surface area (Å²) in [6, 6.07) is 14.2. The highest BCUT2D eigenvalue weighted by molar-refractivity contribution is 7.15. The zero-order chi connectivity index (χ0) is 23.2. The fraction of sp³-hybridized carbons (Fsp3) is 0.240. The van der Waals surface area contributed by atoms with Gasteiger partial charge in [-0.1, -0.05) is 18.2 Å². The van der Waals surface area contributed by atoms with Gasteiger partial charge >= 0.3 is 6.03 Å². The van der Waals surface area contributed by atoms with Gasteiger partial charge in [0, 0.05) is 58.0 Å². The van der Waals surface area contributed by atoms with Crippen molar-refractivity contribution in [2.45, 2.75) is 19.4 Å². The van der Waals surface area contributed by atoms with E-state index in [1.54, 1.807) is 37.7 Å². The fourth-order valence-corrected chi connectivity index (χ4v) is 4.61. The molecule has 1 aliphatic heterocycles. The molecule has 3 aromatic rings. The van der Waals surface area contributed by atoms with Crippen LogP contribution in [-0.2, 0) is 19.4 Å². The van der Waals surface area contributed by atoms with Crippen LogP contribution in [0.2, 0.25) is 0 Å². The number of nitrogens with zero attached hydrogens (tertiary/aromatic N) is 4. The number of nitrogens with two attached hydrogens (primary N) is 1. The van der Waals surface area contributed by atoms with Gasteiger partial charge in [-0.05, 0) is 59.7 Å². The van der Waals surface area contributed by atoms with Gasteiger partial charge in [0.05, 0.1) is 5.69 Å². The maximum Gasteiger partial charge on any atom is 0.321 e. The molecular weight excluding hydrogens is 432 g/mol. The number of hydrogen-bond donors (Lipinski definition) is 2. The molecule has 0 radical (unpaired) electrons. The lowest BCUT2D eigenvalue weighted by atomic mass is 9.99. The van der Waals surface area contributed by atoms with Crippen molar-refractivity contribution in [3.05, 3.63) is 82.5 Å². The van der Waals surface area contributed by atoms with Crippen LogP contribution in [0.3, 0.4) is 0 Å². The molecule has 2 heterocycles. The second kappa shape index (κ2) is 10.3. The molecule has 1 aromatic heterocycles. The molecule has 0 aliphatic carbocycles. The van der Waals surface area contributed by atoms with Crippen LogP contribution in [0, 0.1) is 0 Å². The number of fused-ring (bicyclic) bond motifs is 1. The number of carbonyl (C=O) groups excluding carboxylic acids is 1. The molecule has 0 saturated heterocycles. The van der Waals surface area contributed by atoms with Gasteiger partial charge in [0.15, 0.2) is 5.13 Å². The van der Waals surface area contributed by atoms with E-state index in [2.05, 4.69) is 39.5 Å². The van der Waals surface area contributed by atoms with E-state index in [4.69, 9.17) is 10.7 Å². The quantitative estimate of drug-likeness (QED) is 0.515. The van der Waals surface area contributed by atoms with Crippen LogP contribution >= 0.6 is 11.3 Å². The predicted octanol–water partition coefficient (Wildman–Crippen LogP) is 4.81. The van der Waals surface area contributed by atoms with E-state index in [0.29, 0.717) is 0 Å². The first-order valence-electron chi connectivity index (χ1n) is 10.8. The molecule has 7 nitrogen and oxygen atoms in total. The first kappa shape index (κ1) is 22.5. The van der Waals surface area contributed by atoms with Gasteiger partial charge in [0.1, 0.15) is 0 Å². The Morgan fingerprint density at radius 3 is 2.85 bits per heavy atom. The van der Waals surface area contributed by atoms with Crippen molar-refractivity contribution in [2.75, 3.05) is 30.9 Å². The summed E-state index contributed by atoms with van der Waals surface area (Å²) in [6.45, 7) is 1.73. The van der Waals surface area contributed by atoms with Crippen LogP contribution in [0.1, 0.15) is 23.0 Å². The number of rotatable bonds is 6. The van der Waals surface area contributed by atoms with Crippen molar-refractivity contribution in [3.8, 4) is 0 Å². The minimum absolute atomic E-state index is 0. The van der Waals surface area contributed by atoms with Gasteiger partial charge < -0.3 is 20.9 Å². The number of benzene rings is 2. The molecule has 2 amide bonds. The van der Waals surface area contributed by atoms with E-state index in [1.165, 1.54) is 32.7 Å². The van der Waals surface area contributed by atoms with Gasteiger partial charge in [-0.15, -0.1) is 11.3 Å². The van der Waals surface area contributed by atoms with Gasteiger partial charge in [0.2, 0.25) is 0 Å². The van der Waals surface area contributed by atoms with Crippen LogP contribution in [0.15, 0.2) is 65.9 Å². The van der Waals surface area contributed by atoms with Crippen molar-refractivity contribution in [2.24, 2.45) is 10.7 Å². The zero-order valence-corrected chi connectivity index (χ0v) is 19.7. The molecule has 0 spiro atoms. The molecule has 1 aliphatic rings. The molecule has 0 fully saturated rings. The molecule has 3 N–H and O–H groups in total. The third-order valence-electron chi connectivity index (χ3n) is 5.42. The third kappa shape index (κ3) is 5.78. The predicted molar refractivity (Wildman–Crippen MR) is 139 cm³/mol. The summed E-state index contributed by atoms with van der Waals surface area (Å²) in [6.07, 6.45) is 8.62. The average Bonchev–Trinajstić information content (AvgIpc) is 3.28. The molecule has 4 rings (SSSR count). The Labute approximate surface area is 199 Å². The number of amides is 2. The lowest BCUT2D eigenvalue weighted by Crippen LogP contribution is -2.31. The number of aliphatic imine (C=N–C) groups is 1. The zero-order valence-electron chi connectivity index (χ0n) is 18.9. The lowest BCUT2D eigenvalue weighted by Gasteiger charge is -2.29. The highest BCUT2D eigenvalue weighted by atomic mass is 32.1. The molecule has 0 unspecified atom stereocenters. The molecule has 8 heteroatoms. The summed E-state index contributed by atoms with van der Waals surface area (Å²) < 4.78 is 0. The van der Waals surface area contributed by atoms with Crippen LogP contribution in [0.5, 0.6) is 0 Å². The van der Waals surface area contributed by atoms with Gasteiger partial charge in [0.25, 0.3) is 0 Å². The van der Waals surface area contributed by atoms with Crippen LogP contribution in [-0.4, -0.2) is 42.8 Å². The van der Waals surface area contributed by atoms with Crippen LogP contribution in [0.25, 0.3) is 0 Å². The fourth-order valence-electron chi connectivity index (χ4n) is 3.64. The lowest BCUT2D eigenvalue weighted by molar-refractivity contribution is 0.230. The SMILES string of the molecule is CN(C)C(=O)Nc1ccc2c(c1)CN(c1ncc(Cc3ccc(N=C/C=C\N)cc3)s1)CC2.[HH]. The first-order chi connectivity index (χ1) is 16.0. The smallest absolute Gasteiger partial charge is 0.321 e. The van der Waals surface area contributed by atoms with Crippen molar-refractivity contribution >= 4 is 40.1 Å². The Balaban J connectivity index is 0.00000324. The van der Waals surface area contributed by atoms with E-state index in [9.17, 15) is 4.79 Å². The summed E-state index contributed by atoms with van der Waals surface area (Å²) >= 11 is 1.73. The number of anilines is 2. The van der Waals surface area contributed by atoms with Gasteiger partial charge in [-0.2, -0.15) is 0 Å². The Morgan fingerprint density at radius 1 is 1.27 bits per heavy atom. The van der Waals surface area contributed by atoms with Crippen molar-refractivity contribution < 1.29 is 6.22 Å². The molecule has 0 bridgehead atoms. The normalized spacial score (nSPS) is 13.5. The highest BCUT2D eigenvalue weighted by Gasteiger charge is 2.20. The summed E-state index contributed by atoms with van der Waals surface area (Å²) in [4.78, 5) is 26.1. The highest BCUT2D eigenvalue weighted by Crippen LogP contribution is 2.30. The second-order valence-corrected chi connectivity index (χ2v) is 9.19. The molecule has 0 atom stereocenters. The maximum absolute atomic E-state index is 12.0. The number of thiazole rings is 1. The van der Waals surface area contributed by atoms with E-state index in [-0.39, 0.29) is 7.46 Å². The van der Waals surface area contributed by atoms with Crippen LogP contribution in [0.4, 0.5) is 21.3 Å². The average molecular weight is 463 g/mol. The van der Waals surface area contributed by atoms with E-state index >= 15 is 0 Å². The number of hydrogen-bond acceptors (Lipinski definition) is 6. The Morgan fingerprint density at radius 2 is 2.09 bits per heavy atom. The Hall–Kier alpha value is -3.65. The van der Waals surface area contributed by atoms with E-state index in [0.717, 1.165) is 42.4 Å². The van der Waals surface area contributed by atoms with Crippen LogP contribution < -0.4 is 16.0 Å². The van der Waals surface area contributed by atoms with E-state index in [1.807, 2.05) is 24.4 Å².